The van der Waals surface area contributed by atoms with Crippen LogP contribution in [0.25, 0.3) is 0 Å². The molecule has 0 aromatic heterocycles. The second kappa shape index (κ2) is 5.23. The Bertz CT molecular complexity index is 335. The van der Waals surface area contributed by atoms with Crippen LogP contribution in [-0.2, 0) is 0 Å². The van der Waals surface area contributed by atoms with Crippen molar-refractivity contribution in [2.75, 3.05) is 6.54 Å². The Balaban J connectivity index is 2.88. The Morgan fingerprint density at radius 3 is 2.47 bits per heavy atom. The van der Waals surface area contributed by atoms with Crippen LogP contribution in [0.3, 0.4) is 0 Å². The average Bonchev–Trinajstić information content (AvgIpc) is 2.19. The van der Waals surface area contributed by atoms with E-state index in [0.717, 1.165) is 0 Å². The Labute approximate surface area is 89.8 Å². The Kier molecular flexibility index (Phi) is 4.23. The minimum Gasteiger partial charge on any atom is -0.433 e. The predicted molar refractivity (Wildman–Crippen MR) is 51.0 cm³/mol. The van der Waals surface area contributed by atoms with Crippen LogP contribution in [0.2, 0.25) is 5.02 Å². The lowest BCUT2D eigenvalue weighted by Crippen LogP contribution is -2.08. The number of halogens is 4. The van der Waals surface area contributed by atoms with E-state index in [1.165, 1.54) is 18.2 Å². The van der Waals surface area contributed by atoms with E-state index < -0.39 is 12.8 Å². The van der Waals surface area contributed by atoms with Crippen molar-refractivity contribution >= 4 is 11.6 Å². The molecule has 0 amide bonds. The van der Waals surface area contributed by atoms with Crippen LogP contribution in [0.5, 0.6) is 5.75 Å². The van der Waals surface area contributed by atoms with Gasteiger partial charge in [0.15, 0.2) is 0 Å². The lowest BCUT2D eigenvalue weighted by atomic mass is 10.1. The van der Waals surface area contributed by atoms with Gasteiger partial charge in [-0.3, -0.25) is 0 Å². The average molecular weight is 240 g/mol. The van der Waals surface area contributed by atoms with Gasteiger partial charge in [0.05, 0.1) is 5.02 Å². The van der Waals surface area contributed by atoms with Crippen molar-refractivity contribution in [3.63, 3.8) is 0 Å². The Morgan fingerprint density at radius 1 is 1.33 bits per heavy atom. The van der Waals surface area contributed by atoms with Crippen LogP contribution in [0.15, 0.2) is 18.2 Å². The van der Waals surface area contributed by atoms with Crippen LogP contribution in [-0.4, -0.2) is 13.2 Å². The maximum atomic E-state index is 13.1. The fraction of sp³-hybridized carbons (Fsp3) is 0.333. The first kappa shape index (κ1) is 12.1. The van der Waals surface area contributed by atoms with Crippen molar-refractivity contribution in [2.45, 2.75) is 12.8 Å². The lowest BCUT2D eigenvalue weighted by molar-refractivity contribution is -0.0498. The van der Waals surface area contributed by atoms with Crippen molar-refractivity contribution in [3.05, 3.63) is 28.8 Å². The Morgan fingerprint density at radius 2 is 2.00 bits per heavy atom. The van der Waals surface area contributed by atoms with Crippen LogP contribution in [0.1, 0.15) is 11.7 Å². The molecule has 0 aliphatic carbocycles. The van der Waals surface area contributed by atoms with Crippen LogP contribution < -0.4 is 10.5 Å². The second-order valence-electron chi connectivity index (χ2n) is 2.77. The largest absolute Gasteiger partial charge is 0.433 e. The van der Waals surface area contributed by atoms with E-state index in [1.54, 1.807) is 0 Å². The van der Waals surface area contributed by atoms with Gasteiger partial charge in [-0.05, 0) is 17.7 Å². The number of hydrogen-bond acceptors (Lipinski definition) is 2. The van der Waals surface area contributed by atoms with Crippen LogP contribution >= 0.6 is 11.6 Å². The highest BCUT2D eigenvalue weighted by atomic mass is 35.5. The molecule has 0 spiro atoms. The van der Waals surface area contributed by atoms with Crippen molar-refractivity contribution in [3.8, 4) is 5.75 Å². The SMILES string of the molecule is NCC(F)c1ccc(OC(F)F)c(Cl)c1. The van der Waals surface area contributed by atoms with Crippen molar-refractivity contribution in [1.29, 1.82) is 0 Å². The van der Waals surface area contributed by atoms with Gasteiger partial charge >= 0.3 is 6.61 Å². The number of nitrogens with two attached hydrogens (primary N) is 1. The smallest absolute Gasteiger partial charge is 0.387 e. The van der Waals surface area contributed by atoms with E-state index in [0.29, 0.717) is 0 Å². The number of ether oxygens (including phenoxy) is 1. The van der Waals surface area contributed by atoms with Crippen LogP contribution in [0.4, 0.5) is 13.2 Å². The molecule has 1 aromatic rings. The van der Waals surface area contributed by atoms with Gasteiger partial charge in [0, 0.05) is 6.54 Å². The summed E-state index contributed by atoms with van der Waals surface area (Å²) in [6.45, 7) is -3.14. The van der Waals surface area contributed by atoms with E-state index in [4.69, 9.17) is 17.3 Å². The summed E-state index contributed by atoms with van der Waals surface area (Å²) < 4.78 is 40.9. The summed E-state index contributed by atoms with van der Waals surface area (Å²) in [4.78, 5) is 0. The molecule has 0 saturated heterocycles. The minimum atomic E-state index is -2.95. The van der Waals surface area contributed by atoms with Gasteiger partial charge in [-0.2, -0.15) is 8.78 Å². The first-order valence-electron chi connectivity index (χ1n) is 4.13. The van der Waals surface area contributed by atoms with Gasteiger partial charge < -0.3 is 10.5 Å². The lowest BCUT2D eigenvalue weighted by Gasteiger charge is -2.10. The molecule has 0 bridgehead atoms. The molecular formula is C9H9ClF3NO. The summed E-state index contributed by atoms with van der Waals surface area (Å²) in [5.41, 5.74) is 5.34. The summed E-state index contributed by atoms with van der Waals surface area (Å²) in [6.07, 6.45) is -1.36. The maximum absolute atomic E-state index is 13.1. The third kappa shape index (κ3) is 3.28. The number of rotatable bonds is 4. The molecule has 1 atom stereocenters. The highest BCUT2D eigenvalue weighted by Crippen LogP contribution is 2.29. The van der Waals surface area contributed by atoms with E-state index in [-0.39, 0.29) is 22.9 Å². The summed E-state index contributed by atoms with van der Waals surface area (Å²) >= 11 is 5.61. The standard InChI is InChI=1S/C9H9ClF3NO/c10-6-3-5(7(11)4-14)1-2-8(6)15-9(12)13/h1-3,7,9H,4,14H2. The third-order valence-electron chi connectivity index (χ3n) is 1.74. The van der Waals surface area contributed by atoms with E-state index in [2.05, 4.69) is 4.74 Å². The zero-order valence-corrected chi connectivity index (χ0v) is 8.35. The molecule has 1 rings (SSSR count). The van der Waals surface area contributed by atoms with E-state index in [9.17, 15) is 13.2 Å². The topological polar surface area (TPSA) is 35.2 Å². The third-order valence-corrected chi connectivity index (χ3v) is 2.04. The second-order valence-corrected chi connectivity index (χ2v) is 3.18. The van der Waals surface area contributed by atoms with E-state index >= 15 is 0 Å². The summed E-state index contributed by atoms with van der Waals surface area (Å²) in [5.74, 6) is -0.181. The minimum absolute atomic E-state index is 0.0658. The molecular weight excluding hydrogens is 231 g/mol. The molecule has 84 valence electrons. The van der Waals surface area contributed by atoms with Gasteiger partial charge in [0.1, 0.15) is 11.9 Å². The molecule has 0 saturated carbocycles. The van der Waals surface area contributed by atoms with Crippen LogP contribution in [0, 0.1) is 0 Å². The number of hydrogen-bond donors (Lipinski definition) is 1. The molecule has 1 aromatic carbocycles. The molecule has 1 unspecified atom stereocenters. The monoisotopic (exact) mass is 239 g/mol. The van der Waals surface area contributed by atoms with Gasteiger partial charge in [0.2, 0.25) is 0 Å². The molecule has 0 aliphatic rings. The zero-order valence-electron chi connectivity index (χ0n) is 7.59. The summed E-state index contributed by atoms with van der Waals surface area (Å²) in [6, 6.07) is 3.71. The molecule has 2 nitrogen and oxygen atoms in total. The first-order chi connectivity index (χ1) is 7.04. The van der Waals surface area contributed by atoms with E-state index in [1.807, 2.05) is 0 Å². The van der Waals surface area contributed by atoms with Gasteiger partial charge in [0.25, 0.3) is 0 Å². The first-order valence-corrected chi connectivity index (χ1v) is 4.50. The normalized spacial score (nSPS) is 12.9. The number of benzene rings is 1. The molecule has 2 N–H and O–H groups in total. The van der Waals surface area contributed by atoms with Gasteiger partial charge in [-0.1, -0.05) is 17.7 Å². The summed E-state index contributed by atoms with van der Waals surface area (Å²) in [7, 11) is 0. The molecule has 0 radical (unpaired) electrons. The molecule has 6 heteroatoms. The van der Waals surface area contributed by atoms with Gasteiger partial charge in [-0.15, -0.1) is 0 Å². The maximum Gasteiger partial charge on any atom is 0.387 e. The highest BCUT2D eigenvalue weighted by Gasteiger charge is 2.12. The fourth-order valence-electron chi connectivity index (χ4n) is 1.04. The Hall–Kier alpha value is -0.940. The fourth-order valence-corrected chi connectivity index (χ4v) is 1.27. The van der Waals surface area contributed by atoms with Crippen molar-refractivity contribution in [2.24, 2.45) is 5.73 Å². The molecule has 15 heavy (non-hydrogen) atoms. The summed E-state index contributed by atoms with van der Waals surface area (Å²) in [5, 5.41) is -0.0658. The quantitative estimate of drug-likeness (QED) is 0.877. The highest BCUT2D eigenvalue weighted by molar-refractivity contribution is 6.32. The number of alkyl halides is 3. The van der Waals surface area contributed by atoms with Crippen molar-refractivity contribution in [1.82, 2.24) is 0 Å². The zero-order chi connectivity index (χ0) is 11.4. The molecule has 0 fully saturated rings. The predicted octanol–water partition coefficient (Wildman–Crippen LogP) is 2.91. The van der Waals surface area contributed by atoms with Gasteiger partial charge in [-0.25, -0.2) is 4.39 Å². The molecule has 0 aliphatic heterocycles. The molecule has 0 heterocycles. The van der Waals surface area contributed by atoms with Crippen molar-refractivity contribution < 1.29 is 17.9 Å².